The van der Waals surface area contributed by atoms with Crippen LogP contribution in [0.15, 0.2) is 18.2 Å². The van der Waals surface area contributed by atoms with Crippen LogP contribution in [0.2, 0.25) is 0 Å². The number of morpholine rings is 1. The second-order valence-corrected chi connectivity index (χ2v) is 6.05. The molecular formula is C17H19FN2O5. The van der Waals surface area contributed by atoms with Crippen LogP contribution in [0.25, 0.3) is 0 Å². The summed E-state index contributed by atoms with van der Waals surface area (Å²) in [6, 6.07) is 3.83. The molecule has 3 rings (SSSR count). The first-order chi connectivity index (χ1) is 12.0. The minimum atomic E-state index is -0.959. The zero-order chi connectivity index (χ0) is 18.0. The smallest absolute Gasteiger partial charge is 0.314 e. The number of rotatable bonds is 3. The Balaban J connectivity index is 1.70. The van der Waals surface area contributed by atoms with E-state index in [4.69, 9.17) is 9.47 Å². The Kier molecular flexibility index (Phi) is 4.98. The van der Waals surface area contributed by atoms with Crippen LogP contribution in [0.5, 0.6) is 0 Å². The summed E-state index contributed by atoms with van der Waals surface area (Å²) in [7, 11) is 0. The molecule has 1 fully saturated rings. The Hall–Kier alpha value is -2.48. The van der Waals surface area contributed by atoms with E-state index in [1.807, 2.05) is 0 Å². The molecule has 7 nitrogen and oxygen atoms in total. The van der Waals surface area contributed by atoms with Gasteiger partial charge in [0, 0.05) is 25.2 Å². The average molecular weight is 350 g/mol. The lowest BCUT2D eigenvalue weighted by Crippen LogP contribution is -2.46. The first-order valence-corrected chi connectivity index (χ1v) is 8.12. The summed E-state index contributed by atoms with van der Waals surface area (Å²) in [5, 5.41) is 2.54. The van der Waals surface area contributed by atoms with Gasteiger partial charge in [-0.2, -0.15) is 0 Å². The number of esters is 1. The predicted molar refractivity (Wildman–Crippen MR) is 85.3 cm³/mol. The van der Waals surface area contributed by atoms with Gasteiger partial charge in [-0.3, -0.25) is 14.4 Å². The lowest BCUT2D eigenvalue weighted by molar-refractivity contribution is -0.162. The van der Waals surface area contributed by atoms with Crippen molar-refractivity contribution in [2.75, 3.05) is 31.6 Å². The van der Waals surface area contributed by atoms with Gasteiger partial charge < -0.3 is 19.7 Å². The van der Waals surface area contributed by atoms with Crippen molar-refractivity contribution in [2.45, 2.75) is 25.4 Å². The maximum absolute atomic E-state index is 13.3. The minimum absolute atomic E-state index is 0.101. The lowest BCUT2D eigenvalue weighted by Gasteiger charge is -2.30. The number of amides is 2. The first kappa shape index (κ1) is 17.3. The molecule has 0 radical (unpaired) electrons. The number of hydrogen-bond donors (Lipinski definition) is 1. The van der Waals surface area contributed by atoms with Gasteiger partial charge in [0.2, 0.25) is 5.91 Å². The third-order valence-corrected chi connectivity index (χ3v) is 4.30. The topological polar surface area (TPSA) is 84.9 Å². The molecule has 2 aliphatic heterocycles. The van der Waals surface area contributed by atoms with Crippen molar-refractivity contribution < 1.29 is 28.2 Å². The number of ether oxygens (including phenoxy) is 2. The fourth-order valence-corrected chi connectivity index (χ4v) is 3.00. The summed E-state index contributed by atoms with van der Waals surface area (Å²) >= 11 is 0. The molecule has 0 aromatic heterocycles. The Morgan fingerprint density at radius 1 is 1.36 bits per heavy atom. The van der Waals surface area contributed by atoms with Gasteiger partial charge in [-0.05, 0) is 24.6 Å². The van der Waals surface area contributed by atoms with E-state index < -0.39 is 29.7 Å². The zero-order valence-corrected chi connectivity index (χ0v) is 13.8. The molecule has 2 amide bonds. The van der Waals surface area contributed by atoms with Gasteiger partial charge in [0.1, 0.15) is 5.82 Å². The Bertz CT molecular complexity index is 702. The summed E-state index contributed by atoms with van der Waals surface area (Å²) in [5.74, 6) is -2.73. The molecule has 2 aliphatic rings. The third kappa shape index (κ3) is 3.79. The number of anilines is 1. The van der Waals surface area contributed by atoms with E-state index in [1.165, 1.54) is 19.1 Å². The van der Waals surface area contributed by atoms with Crippen LogP contribution >= 0.6 is 0 Å². The van der Waals surface area contributed by atoms with Crippen molar-refractivity contribution in [1.29, 1.82) is 0 Å². The van der Waals surface area contributed by atoms with E-state index in [9.17, 15) is 18.8 Å². The van der Waals surface area contributed by atoms with Crippen molar-refractivity contribution >= 4 is 23.5 Å². The normalized spacial score (nSPS) is 21.1. The van der Waals surface area contributed by atoms with Crippen molar-refractivity contribution in [2.24, 2.45) is 0 Å². The molecular weight excluding hydrogens is 331 g/mol. The van der Waals surface area contributed by atoms with Gasteiger partial charge in [-0.25, -0.2) is 4.39 Å². The monoisotopic (exact) mass is 350 g/mol. The highest BCUT2D eigenvalue weighted by Gasteiger charge is 2.34. The fourth-order valence-electron chi connectivity index (χ4n) is 3.00. The molecule has 2 unspecified atom stereocenters. The molecule has 8 heteroatoms. The van der Waals surface area contributed by atoms with Crippen molar-refractivity contribution in [3.05, 3.63) is 29.6 Å². The quantitative estimate of drug-likeness (QED) is 0.824. The van der Waals surface area contributed by atoms with Gasteiger partial charge in [0.15, 0.2) is 6.10 Å². The van der Waals surface area contributed by atoms with Crippen LogP contribution < -0.4 is 5.32 Å². The molecule has 0 bridgehead atoms. The Morgan fingerprint density at radius 2 is 2.08 bits per heavy atom. The number of nitrogens with zero attached hydrogens (tertiary/aromatic N) is 1. The first-order valence-electron chi connectivity index (χ1n) is 8.12. The summed E-state index contributed by atoms with van der Waals surface area (Å²) in [5.41, 5.74) is 0.738. The summed E-state index contributed by atoms with van der Waals surface area (Å²) < 4.78 is 23.8. The van der Waals surface area contributed by atoms with Crippen LogP contribution in [0, 0.1) is 5.82 Å². The van der Waals surface area contributed by atoms with Crippen molar-refractivity contribution in [3.8, 4) is 0 Å². The Morgan fingerprint density at radius 3 is 2.80 bits per heavy atom. The summed E-state index contributed by atoms with van der Waals surface area (Å²) in [4.78, 5) is 38.2. The third-order valence-electron chi connectivity index (χ3n) is 4.30. The molecule has 0 spiro atoms. The molecule has 25 heavy (non-hydrogen) atoms. The number of benzene rings is 1. The highest BCUT2D eigenvalue weighted by molar-refractivity contribution is 6.00. The molecule has 1 N–H and O–H groups in total. The van der Waals surface area contributed by atoms with Crippen LogP contribution in [-0.4, -0.2) is 55.1 Å². The number of fused-ring (bicyclic) bond motifs is 1. The predicted octanol–water partition coefficient (Wildman–Crippen LogP) is 1.04. The van der Waals surface area contributed by atoms with Crippen molar-refractivity contribution in [3.63, 3.8) is 0 Å². The molecule has 0 aliphatic carbocycles. The molecule has 2 atom stereocenters. The van der Waals surface area contributed by atoms with Gasteiger partial charge in [-0.15, -0.1) is 0 Å². The second kappa shape index (κ2) is 7.18. The number of halogens is 1. The number of carbonyl (C=O) groups excluding carboxylic acids is 3. The van der Waals surface area contributed by atoms with E-state index in [0.717, 1.165) is 6.07 Å². The highest BCUT2D eigenvalue weighted by Crippen LogP contribution is 2.33. The molecule has 2 heterocycles. The van der Waals surface area contributed by atoms with Crippen LogP contribution in [-0.2, 0) is 23.9 Å². The van der Waals surface area contributed by atoms with Gasteiger partial charge in [0.25, 0.3) is 5.91 Å². The van der Waals surface area contributed by atoms with E-state index >= 15 is 0 Å². The average Bonchev–Trinajstić information content (AvgIpc) is 2.60. The van der Waals surface area contributed by atoms with Crippen molar-refractivity contribution in [1.82, 2.24) is 4.90 Å². The molecule has 1 saturated heterocycles. The summed E-state index contributed by atoms with van der Waals surface area (Å²) in [6.07, 6.45) is -1.06. The van der Waals surface area contributed by atoms with Crippen LogP contribution in [0.3, 0.4) is 0 Å². The van der Waals surface area contributed by atoms with E-state index in [0.29, 0.717) is 31.9 Å². The molecule has 134 valence electrons. The van der Waals surface area contributed by atoms with Crippen LogP contribution in [0.1, 0.15) is 24.8 Å². The number of nitrogens with one attached hydrogen (secondary N) is 1. The lowest BCUT2D eigenvalue weighted by atomic mass is 9.90. The highest BCUT2D eigenvalue weighted by atomic mass is 19.1. The zero-order valence-electron chi connectivity index (χ0n) is 13.8. The summed E-state index contributed by atoms with van der Waals surface area (Å²) in [6.45, 7) is 3.32. The van der Waals surface area contributed by atoms with E-state index in [-0.39, 0.29) is 18.0 Å². The number of hydrogen-bond acceptors (Lipinski definition) is 5. The largest absolute Gasteiger partial charge is 0.452 e. The fraction of sp³-hybridized carbons (Fsp3) is 0.471. The van der Waals surface area contributed by atoms with Gasteiger partial charge in [-0.1, -0.05) is 6.07 Å². The Labute approximate surface area is 144 Å². The van der Waals surface area contributed by atoms with Gasteiger partial charge in [0.05, 0.1) is 19.1 Å². The molecule has 0 saturated carbocycles. The number of carbonyl (C=O) groups is 3. The van der Waals surface area contributed by atoms with Gasteiger partial charge >= 0.3 is 5.97 Å². The maximum Gasteiger partial charge on any atom is 0.314 e. The van der Waals surface area contributed by atoms with E-state index in [1.54, 1.807) is 4.90 Å². The van der Waals surface area contributed by atoms with Crippen LogP contribution in [0.4, 0.5) is 10.1 Å². The standard InChI is InChI=1S/C17H19FN2O5/c1-10(16(22)20-4-6-24-7-5-20)25-17(23)13-9-15(21)19-14-8-11(18)2-3-12(13)14/h2-3,8,10,13H,4-7,9H2,1H3,(H,19,21). The minimum Gasteiger partial charge on any atom is -0.452 e. The second-order valence-electron chi connectivity index (χ2n) is 6.05. The molecule has 1 aromatic rings. The van der Waals surface area contributed by atoms with E-state index in [2.05, 4.69) is 5.32 Å². The SMILES string of the molecule is CC(OC(=O)C1CC(=O)Nc2cc(F)ccc21)C(=O)N1CCOCC1. The maximum atomic E-state index is 13.3. The molecule has 1 aromatic carbocycles.